The largest absolute Gasteiger partial charge is 0.377 e. The van der Waals surface area contributed by atoms with Gasteiger partial charge in [0.15, 0.2) is 5.82 Å². The van der Waals surface area contributed by atoms with Gasteiger partial charge in [-0.3, -0.25) is 0 Å². The minimum absolute atomic E-state index is 0.363. The predicted molar refractivity (Wildman–Crippen MR) is 54.3 cm³/mol. The molecule has 2 rings (SSSR count). The molecule has 5 heteroatoms. The van der Waals surface area contributed by atoms with Crippen LogP contribution in [-0.2, 0) is 11.3 Å². The lowest BCUT2D eigenvalue weighted by atomic mass is 10.2. The zero-order chi connectivity index (χ0) is 10.8. The van der Waals surface area contributed by atoms with E-state index in [1.807, 2.05) is 19.9 Å². The van der Waals surface area contributed by atoms with E-state index in [4.69, 9.17) is 9.26 Å². The second-order valence-electron chi connectivity index (χ2n) is 3.46. The molecule has 15 heavy (non-hydrogen) atoms. The quantitative estimate of drug-likeness (QED) is 0.833. The van der Waals surface area contributed by atoms with Gasteiger partial charge in [-0.15, -0.1) is 0 Å². The van der Waals surface area contributed by atoms with Crippen molar-refractivity contribution in [2.45, 2.75) is 20.5 Å². The topological polar surface area (TPSA) is 63.9 Å². The summed E-state index contributed by atoms with van der Waals surface area (Å²) in [5.74, 6) is 1.06. The zero-order valence-electron chi connectivity index (χ0n) is 9.00. The molecule has 0 fully saturated rings. The standard InChI is InChI=1S/C10H13N3O2/c1-6-4-7(2)11-9(6)10-12-8(5-14-3)13-15-10/h4,11H,5H2,1-3H3. The van der Waals surface area contributed by atoms with E-state index in [9.17, 15) is 0 Å². The summed E-state index contributed by atoms with van der Waals surface area (Å²) in [6.45, 7) is 4.35. The van der Waals surface area contributed by atoms with Gasteiger partial charge in [-0.2, -0.15) is 4.98 Å². The van der Waals surface area contributed by atoms with Crippen molar-refractivity contribution in [2.75, 3.05) is 7.11 Å². The first-order chi connectivity index (χ1) is 7.20. The Labute approximate surface area is 87.5 Å². The molecule has 0 aliphatic heterocycles. The summed E-state index contributed by atoms with van der Waals surface area (Å²) in [5.41, 5.74) is 3.05. The molecule has 5 nitrogen and oxygen atoms in total. The second-order valence-corrected chi connectivity index (χ2v) is 3.46. The zero-order valence-corrected chi connectivity index (χ0v) is 9.00. The van der Waals surface area contributed by atoms with Crippen molar-refractivity contribution in [2.24, 2.45) is 0 Å². The highest BCUT2D eigenvalue weighted by Crippen LogP contribution is 2.21. The van der Waals surface area contributed by atoms with E-state index in [0.29, 0.717) is 18.3 Å². The van der Waals surface area contributed by atoms with Crippen LogP contribution in [-0.4, -0.2) is 22.2 Å². The molecule has 0 amide bonds. The molecule has 0 atom stereocenters. The van der Waals surface area contributed by atoms with Crippen LogP contribution in [0.4, 0.5) is 0 Å². The Hall–Kier alpha value is -1.62. The van der Waals surface area contributed by atoms with E-state index < -0.39 is 0 Å². The molecule has 2 heterocycles. The van der Waals surface area contributed by atoms with E-state index in [1.54, 1.807) is 7.11 Å². The number of H-pyrrole nitrogens is 1. The van der Waals surface area contributed by atoms with E-state index in [1.165, 1.54) is 0 Å². The highest BCUT2D eigenvalue weighted by atomic mass is 16.5. The first kappa shape index (κ1) is 9.92. The average Bonchev–Trinajstić information content (AvgIpc) is 2.73. The molecule has 0 aliphatic rings. The Balaban J connectivity index is 2.32. The molecule has 2 aromatic rings. The minimum atomic E-state index is 0.363. The monoisotopic (exact) mass is 207 g/mol. The first-order valence-electron chi connectivity index (χ1n) is 4.69. The smallest absolute Gasteiger partial charge is 0.274 e. The van der Waals surface area contributed by atoms with Gasteiger partial charge in [0.05, 0.1) is 0 Å². The third kappa shape index (κ3) is 1.92. The summed E-state index contributed by atoms with van der Waals surface area (Å²) in [4.78, 5) is 7.39. The van der Waals surface area contributed by atoms with Gasteiger partial charge in [0.2, 0.25) is 0 Å². The van der Waals surface area contributed by atoms with Gasteiger partial charge < -0.3 is 14.2 Å². The molecule has 0 unspecified atom stereocenters. The SMILES string of the molecule is COCc1noc(-c2[nH]c(C)cc2C)n1. The Morgan fingerprint density at radius 1 is 1.47 bits per heavy atom. The lowest BCUT2D eigenvalue weighted by molar-refractivity contribution is 0.174. The molecular weight excluding hydrogens is 194 g/mol. The third-order valence-corrected chi connectivity index (χ3v) is 2.10. The molecule has 0 aromatic carbocycles. The number of nitrogens with one attached hydrogen (secondary N) is 1. The summed E-state index contributed by atoms with van der Waals surface area (Å²) < 4.78 is 10.0. The lowest BCUT2D eigenvalue weighted by Gasteiger charge is -1.90. The fraction of sp³-hybridized carbons (Fsp3) is 0.400. The molecule has 0 saturated carbocycles. The van der Waals surface area contributed by atoms with Crippen LogP contribution in [0.25, 0.3) is 11.6 Å². The van der Waals surface area contributed by atoms with Crippen molar-refractivity contribution in [3.8, 4) is 11.6 Å². The van der Waals surface area contributed by atoms with Gasteiger partial charge in [0.25, 0.3) is 5.89 Å². The Bertz CT molecular complexity index is 459. The average molecular weight is 207 g/mol. The number of hydrogen-bond donors (Lipinski definition) is 1. The van der Waals surface area contributed by atoms with Gasteiger partial charge in [-0.1, -0.05) is 5.16 Å². The van der Waals surface area contributed by atoms with Crippen molar-refractivity contribution in [1.82, 2.24) is 15.1 Å². The van der Waals surface area contributed by atoms with Crippen LogP contribution < -0.4 is 0 Å². The second kappa shape index (κ2) is 3.86. The summed E-state index contributed by atoms with van der Waals surface area (Å²) in [5, 5.41) is 3.80. The fourth-order valence-corrected chi connectivity index (χ4v) is 1.49. The summed E-state index contributed by atoms with van der Waals surface area (Å²) in [7, 11) is 1.60. The maximum absolute atomic E-state index is 5.13. The third-order valence-electron chi connectivity index (χ3n) is 2.10. The van der Waals surface area contributed by atoms with E-state index in [2.05, 4.69) is 15.1 Å². The Kier molecular flexibility index (Phi) is 2.55. The number of nitrogens with zero attached hydrogens (tertiary/aromatic N) is 2. The fourth-order valence-electron chi connectivity index (χ4n) is 1.49. The van der Waals surface area contributed by atoms with Crippen molar-refractivity contribution >= 4 is 0 Å². The summed E-state index contributed by atoms with van der Waals surface area (Å²) in [6.07, 6.45) is 0. The lowest BCUT2D eigenvalue weighted by Crippen LogP contribution is -1.89. The van der Waals surface area contributed by atoms with Gasteiger partial charge in [0, 0.05) is 12.8 Å². The van der Waals surface area contributed by atoms with Crippen LogP contribution in [0.2, 0.25) is 0 Å². The van der Waals surface area contributed by atoms with Gasteiger partial charge in [-0.05, 0) is 25.5 Å². The first-order valence-corrected chi connectivity index (χ1v) is 4.69. The van der Waals surface area contributed by atoms with Crippen molar-refractivity contribution in [3.05, 3.63) is 23.1 Å². The molecule has 80 valence electrons. The number of methoxy groups -OCH3 is 1. The van der Waals surface area contributed by atoms with E-state index in [0.717, 1.165) is 17.0 Å². The number of rotatable bonds is 3. The van der Waals surface area contributed by atoms with Crippen LogP contribution in [0.3, 0.4) is 0 Å². The van der Waals surface area contributed by atoms with Crippen molar-refractivity contribution in [3.63, 3.8) is 0 Å². The van der Waals surface area contributed by atoms with Crippen LogP contribution in [0.5, 0.6) is 0 Å². The Morgan fingerprint density at radius 3 is 2.87 bits per heavy atom. The van der Waals surface area contributed by atoms with Crippen molar-refractivity contribution in [1.29, 1.82) is 0 Å². The molecule has 0 saturated heterocycles. The number of aromatic amines is 1. The molecule has 2 aromatic heterocycles. The molecule has 0 bridgehead atoms. The van der Waals surface area contributed by atoms with Gasteiger partial charge >= 0.3 is 0 Å². The number of hydrogen-bond acceptors (Lipinski definition) is 4. The number of aromatic nitrogens is 3. The Morgan fingerprint density at radius 2 is 2.27 bits per heavy atom. The summed E-state index contributed by atoms with van der Waals surface area (Å²) >= 11 is 0. The highest BCUT2D eigenvalue weighted by Gasteiger charge is 2.12. The minimum Gasteiger partial charge on any atom is -0.377 e. The maximum atomic E-state index is 5.13. The number of aryl methyl sites for hydroxylation is 2. The molecule has 0 spiro atoms. The molecule has 1 N–H and O–H groups in total. The number of ether oxygens (including phenoxy) is 1. The molecule has 0 radical (unpaired) electrons. The van der Waals surface area contributed by atoms with E-state index >= 15 is 0 Å². The van der Waals surface area contributed by atoms with Gasteiger partial charge in [-0.25, -0.2) is 0 Å². The van der Waals surface area contributed by atoms with Crippen LogP contribution in [0.1, 0.15) is 17.1 Å². The van der Waals surface area contributed by atoms with Crippen molar-refractivity contribution < 1.29 is 9.26 Å². The molecular formula is C10H13N3O2. The van der Waals surface area contributed by atoms with Crippen LogP contribution >= 0.6 is 0 Å². The normalized spacial score (nSPS) is 10.9. The van der Waals surface area contributed by atoms with Crippen LogP contribution in [0.15, 0.2) is 10.6 Å². The maximum Gasteiger partial charge on any atom is 0.274 e. The van der Waals surface area contributed by atoms with E-state index in [-0.39, 0.29) is 0 Å². The summed E-state index contributed by atoms with van der Waals surface area (Å²) in [6, 6.07) is 2.04. The van der Waals surface area contributed by atoms with Gasteiger partial charge in [0.1, 0.15) is 12.3 Å². The predicted octanol–water partition coefficient (Wildman–Crippen LogP) is 1.83. The van der Waals surface area contributed by atoms with Crippen LogP contribution in [0, 0.1) is 13.8 Å². The highest BCUT2D eigenvalue weighted by molar-refractivity contribution is 5.53. The molecule has 0 aliphatic carbocycles.